The third-order valence-electron chi connectivity index (χ3n) is 1.69. The van der Waals surface area contributed by atoms with Gasteiger partial charge >= 0.3 is 0 Å². The van der Waals surface area contributed by atoms with Crippen molar-refractivity contribution in [2.24, 2.45) is 5.11 Å². The molecule has 1 aromatic carbocycles. The molecule has 6 heteroatoms. The monoisotopic (exact) mass is 227 g/mol. The van der Waals surface area contributed by atoms with Crippen molar-refractivity contribution >= 4 is 17.3 Å². The first kappa shape index (κ1) is 11.7. The summed E-state index contributed by atoms with van der Waals surface area (Å²) < 4.78 is 5.12. The van der Waals surface area contributed by atoms with Crippen molar-refractivity contribution in [3.05, 3.63) is 33.7 Å². The highest BCUT2D eigenvalue weighted by Crippen LogP contribution is 2.29. The zero-order valence-electron chi connectivity index (χ0n) is 8.09. The van der Waals surface area contributed by atoms with Gasteiger partial charge in [-0.15, -0.1) is 0 Å². The van der Waals surface area contributed by atoms with Crippen molar-refractivity contribution in [1.82, 2.24) is 0 Å². The van der Waals surface area contributed by atoms with Crippen LogP contribution < -0.4 is 4.74 Å². The number of benzene rings is 1. The minimum Gasteiger partial charge on any atom is -0.465 e. The summed E-state index contributed by atoms with van der Waals surface area (Å²) in [7, 11) is 0. The van der Waals surface area contributed by atoms with E-state index in [4.69, 9.17) is 21.9 Å². The van der Waals surface area contributed by atoms with Crippen LogP contribution in [-0.2, 0) is 0 Å². The summed E-state index contributed by atoms with van der Waals surface area (Å²) in [5.41, 5.74) is 8.55. The Morgan fingerprint density at radius 3 is 3.00 bits per heavy atom. The fraction of sp³-hybridized carbons (Fsp3) is 0.333. The van der Waals surface area contributed by atoms with Gasteiger partial charge in [-0.05, 0) is 23.7 Å². The van der Waals surface area contributed by atoms with Crippen LogP contribution in [0.5, 0.6) is 5.75 Å². The van der Waals surface area contributed by atoms with Gasteiger partial charge in [-0.3, -0.25) is 0 Å². The van der Waals surface area contributed by atoms with Crippen LogP contribution in [0, 0.1) is 0 Å². The maximum absolute atomic E-state index is 9.24. The van der Waals surface area contributed by atoms with E-state index in [1.807, 2.05) is 0 Å². The lowest BCUT2D eigenvalue weighted by molar-refractivity contribution is -0.0190. The molecule has 0 aromatic heterocycles. The van der Waals surface area contributed by atoms with Gasteiger partial charge in [-0.25, -0.2) is 0 Å². The van der Waals surface area contributed by atoms with Crippen molar-refractivity contribution in [3.8, 4) is 5.75 Å². The molecular weight excluding hydrogens is 218 g/mol. The van der Waals surface area contributed by atoms with E-state index in [-0.39, 0.29) is 5.69 Å². The van der Waals surface area contributed by atoms with Gasteiger partial charge in [0, 0.05) is 11.3 Å². The van der Waals surface area contributed by atoms with Gasteiger partial charge in [-0.1, -0.05) is 23.6 Å². The smallest absolute Gasteiger partial charge is 0.197 e. The fourth-order valence-electron chi connectivity index (χ4n) is 0.931. The third-order valence-corrected chi connectivity index (χ3v) is 2.01. The lowest BCUT2D eigenvalue weighted by Gasteiger charge is -2.11. The molecule has 1 atom stereocenters. The van der Waals surface area contributed by atoms with E-state index >= 15 is 0 Å². The number of ether oxygens (including phenoxy) is 1. The normalized spacial score (nSPS) is 11.7. The molecule has 0 spiro atoms. The summed E-state index contributed by atoms with van der Waals surface area (Å²) in [5, 5.41) is 13.0. The second kappa shape index (κ2) is 5.46. The first-order chi connectivity index (χ1) is 7.17. The Balaban J connectivity index is 2.92. The lowest BCUT2D eigenvalue weighted by atomic mass is 10.3. The fourth-order valence-corrected chi connectivity index (χ4v) is 1.09. The van der Waals surface area contributed by atoms with Crippen LogP contribution in [0.1, 0.15) is 13.3 Å². The van der Waals surface area contributed by atoms with Crippen LogP contribution in [0.2, 0.25) is 5.02 Å². The van der Waals surface area contributed by atoms with Gasteiger partial charge in [0.15, 0.2) is 6.29 Å². The molecular formula is C9H10ClN3O2. The number of hydrogen-bond acceptors (Lipinski definition) is 3. The maximum Gasteiger partial charge on any atom is 0.197 e. The highest BCUT2D eigenvalue weighted by molar-refractivity contribution is 6.33. The number of nitrogens with zero attached hydrogens (tertiary/aromatic N) is 3. The highest BCUT2D eigenvalue weighted by Gasteiger charge is 2.05. The van der Waals surface area contributed by atoms with Gasteiger partial charge in [0.05, 0.1) is 10.7 Å². The van der Waals surface area contributed by atoms with Crippen molar-refractivity contribution in [2.75, 3.05) is 0 Å². The molecule has 1 N–H and O–H groups in total. The second-order valence-electron chi connectivity index (χ2n) is 2.78. The lowest BCUT2D eigenvalue weighted by Crippen LogP contribution is -2.13. The largest absolute Gasteiger partial charge is 0.465 e. The molecule has 15 heavy (non-hydrogen) atoms. The van der Waals surface area contributed by atoms with E-state index in [1.54, 1.807) is 19.1 Å². The third kappa shape index (κ3) is 3.32. The number of halogens is 1. The Morgan fingerprint density at radius 1 is 1.67 bits per heavy atom. The minimum atomic E-state index is -0.870. The zero-order valence-corrected chi connectivity index (χ0v) is 8.85. The predicted octanol–water partition coefficient (Wildman–Crippen LogP) is 3.39. The van der Waals surface area contributed by atoms with Crippen molar-refractivity contribution in [3.63, 3.8) is 0 Å². The average molecular weight is 228 g/mol. The van der Waals surface area contributed by atoms with Crippen molar-refractivity contribution in [2.45, 2.75) is 19.6 Å². The Kier molecular flexibility index (Phi) is 4.24. The number of aliphatic hydroxyl groups is 1. The van der Waals surface area contributed by atoms with Crippen molar-refractivity contribution in [1.29, 1.82) is 0 Å². The summed E-state index contributed by atoms with van der Waals surface area (Å²) in [4.78, 5) is 2.63. The molecule has 5 nitrogen and oxygen atoms in total. The zero-order chi connectivity index (χ0) is 11.3. The van der Waals surface area contributed by atoms with Crippen LogP contribution in [0.3, 0.4) is 0 Å². The Labute approximate surface area is 91.9 Å². The minimum absolute atomic E-state index is 0.278. The summed E-state index contributed by atoms with van der Waals surface area (Å²) in [6, 6.07) is 4.61. The Morgan fingerprint density at radius 2 is 2.40 bits per heavy atom. The average Bonchev–Trinajstić information content (AvgIpc) is 2.23. The molecule has 0 aliphatic heterocycles. The summed E-state index contributed by atoms with van der Waals surface area (Å²) >= 11 is 5.76. The Bertz CT molecular complexity index is 391. The molecule has 0 saturated heterocycles. The summed E-state index contributed by atoms with van der Waals surface area (Å²) in [5.74, 6) is 0.413. The summed E-state index contributed by atoms with van der Waals surface area (Å²) in [6.45, 7) is 1.79. The molecule has 0 aliphatic carbocycles. The molecule has 0 saturated carbocycles. The Hall–Kier alpha value is -1.42. The van der Waals surface area contributed by atoms with Gasteiger partial charge in [0.25, 0.3) is 0 Å². The highest BCUT2D eigenvalue weighted by atomic mass is 35.5. The molecule has 0 bridgehead atoms. The van der Waals surface area contributed by atoms with Crippen LogP contribution in [0.4, 0.5) is 5.69 Å². The number of aliphatic hydroxyl groups excluding tert-OH is 1. The molecule has 0 aliphatic rings. The van der Waals surface area contributed by atoms with Crippen LogP contribution in [0.15, 0.2) is 23.3 Å². The molecule has 1 aromatic rings. The van der Waals surface area contributed by atoms with E-state index in [1.165, 1.54) is 6.07 Å². The number of hydrogen-bond donors (Lipinski definition) is 1. The molecule has 80 valence electrons. The van der Waals surface area contributed by atoms with Crippen LogP contribution >= 0.6 is 11.6 Å². The standard InChI is InChI=1S/C9H10ClN3O2/c1-2-9(14)15-6-3-4-7(10)8(5-6)12-13-11/h3-5,9,14H,2H2,1H3. The van der Waals surface area contributed by atoms with E-state index in [0.717, 1.165) is 0 Å². The molecule has 0 fully saturated rings. The SMILES string of the molecule is CCC(O)Oc1ccc(Cl)c(N=[N+]=[N-])c1. The molecule has 0 amide bonds. The number of rotatable bonds is 4. The van der Waals surface area contributed by atoms with E-state index < -0.39 is 6.29 Å². The second-order valence-corrected chi connectivity index (χ2v) is 3.19. The molecule has 0 heterocycles. The van der Waals surface area contributed by atoms with Gasteiger partial charge in [0.1, 0.15) is 5.75 Å². The molecule has 1 unspecified atom stereocenters. The summed E-state index contributed by atoms with van der Waals surface area (Å²) in [6.07, 6.45) is -0.399. The maximum atomic E-state index is 9.24. The molecule has 0 radical (unpaired) electrons. The van der Waals surface area contributed by atoms with E-state index in [9.17, 15) is 5.11 Å². The van der Waals surface area contributed by atoms with Gasteiger partial charge in [-0.2, -0.15) is 0 Å². The quantitative estimate of drug-likeness (QED) is 0.370. The first-order valence-electron chi connectivity index (χ1n) is 4.36. The number of azide groups is 1. The molecule has 1 rings (SSSR count). The van der Waals surface area contributed by atoms with Crippen LogP contribution in [-0.4, -0.2) is 11.4 Å². The van der Waals surface area contributed by atoms with E-state index in [0.29, 0.717) is 17.2 Å². The van der Waals surface area contributed by atoms with Crippen molar-refractivity contribution < 1.29 is 9.84 Å². The van der Waals surface area contributed by atoms with E-state index in [2.05, 4.69) is 10.0 Å². The topological polar surface area (TPSA) is 78.2 Å². The first-order valence-corrected chi connectivity index (χ1v) is 4.74. The van der Waals surface area contributed by atoms with Gasteiger partial charge in [0.2, 0.25) is 0 Å². The van der Waals surface area contributed by atoms with Gasteiger partial charge < -0.3 is 9.84 Å². The van der Waals surface area contributed by atoms with Crippen LogP contribution in [0.25, 0.3) is 10.4 Å². The predicted molar refractivity (Wildman–Crippen MR) is 57.2 cm³/mol.